The summed E-state index contributed by atoms with van der Waals surface area (Å²) < 4.78 is 36.9. The number of benzene rings is 3. The molecule has 1 aromatic heterocycles. The number of aliphatic imine (C=N–C) groups is 2. The molecule has 0 saturated carbocycles. The van der Waals surface area contributed by atoms with Crippen LogP contribution in [0.2, 0.25) is 0 Å². The van der Waals surface area contributed by atoms with E-state index in [1.807, 2.05) is 38.4 Å². The fourth-order valence-corrected chi connectivity index (χ4v) is 6.22. The lowest BCUT2D eigenvalue weighted by Gasteiger charge is -2.22. The van der Waals surface area contributed by atoms with Crippen molar-refractivity contribution in [3.8, 4) is 11.1 Å². The summed E-state index contributed by atoms with van der Waals surface area (Å²) in [4.78, 5) is 9.05. The number of sulfonamides is 1. The van der Waals surface area contributed by atoms with Gasteiger partial charge in [0.05, 0.1) is 17.1 Å². The largest absolute Gasteiger partial charge is 0.381 e. The first-order valence-corrected chi connectivity index (χ1v) is 14.5. The average molecular weight is 544 g/mol. The average Bonchev–Trinajstić information content (AvgIpc) is 3.33. The SMILES string of the molecule is C=Nc1cc(Nc2ccccc2S(=O)(=O)NCC2CCOCC2)cc(-c2ccc3ccn(C)c3c2)c1/N=C\C. The van der Waals surface area contributed by atoms with Crippen molar-refractivity contribution in [3.05, 3.63) is 66.9 Å². The summed E-state index contributed by atoms with van der Waals surface area (Å²) in [6, 6.07) is 19.1. The minimum Gasteiger partial charge on any atom is -0.381 e. The summed E-state index contributed by atoms with van der Waals surface area (Å²) in [5.41, 5.74) is 5.38. The number of fused-ring (bicyclic) bond motifs is 1. The topological polar surface area (TPSA) is 97.1 Å². The third-order valence-corrected chi connectivity index (χ3v) is 8.56. The van der Waals surface area contributed by atoms with Crippen LogP contribution < -0.4 is 10.0 Å². The number of rotatable bonds is 9. The zero-order chi connectivity index (χ0) is 27.4. The van der Waals surface area contributed by atoms with Crippen molar-refractivity contribution in [2.45, 2.75) is 24.7 Å². The maximum Gasteiger partial charge on any atom is 0.242 e. The summed E-state index contributed by atoms with van der Waals surface area (Å²) in [7, 11) is -1.73. The van der Waals surface area contributed by atoms with Gasteiger partial charge in [-0.3, -0.25) is 9.98 Å². The van der Waals surface area contributed by atoms with Crippen molar-refractivity contribution >= 4 is 56.6 Å². The highest BCUT2D eigenvalue weighted by molar-refractivity contribution is 7.89. The molecule has 0 aliphatic carbocycles. The monoisotopic (exact) mass is 543 g/mol. The maximum atomic E-state index is 13.3. The van der Waals surface area contributed by atoms with E-state index in [-0.39, 0.29) is 10.8 Å². The number of nitrogens with one attached hydrogen (secondary N) is 2. The van der Waals surface area contributed by atoms with Gasteiger partial charge < -0.3 is 14.6 Å². The second-order valence-electron chi connectivity index (χ2n) is 9.67. The van der Waals surface area contributed by atoms with Gasteiger partial charge >= 0.3 is 0 Å². The molecule has 0 atom stereocenters. The molecule has 0 unspecified atom stereocenters. The van der Waals surface area contributed by atoms with E-state index in [0.717, 1.165) is 34.9 Å². The molecule has 3 aromatic carbocycles. The van der Waals surface area contributed by atoms with E-state index in [0.29, 0.717) is 42.5 Å². The Kier molecular flexibility index (Phi) is 7.92. The van der Waals surface area contributed by atoms with Crippen LogP contribution in [-0.4, -0.2) is 45.7 Å². The summed E-state index contributed by atoms with van der Waals surface area (Å²) in [5, 5.41) is 4.47. The van der Waals surface area contributed by atoms with E-state index < -0.39 is 10.0 Å². The molecule has 8 nitrogen and oxygen atoms in total. The van der Waals surface area contributed by atoms with Crippen LogP contribution in [0.1, 0.15) is 19.8 Å². The third-order valence-electron chi connectivity index (χ3n) is 7.08. The number of anilines is 2. The predicted molar refractivity (Wildman–Crippen MR) is 160 cm³/mol. The highest BCUT2D eigenvalue weighted by atomic mass is 32.2. The number of hydrogen-bond donors (Lipinski definition) is 2. The van der Waals surface area contributed by atoms with Gasteiger partial charge in [-0.05, 0) is 79.7 Å². The highest BCUT2D eigenvalue weighted by Gasteiger charge is 2.22. The van der Waals surface area contributed by atoms with Gasteiger partial charge in [0.2, 0.25) is 10.0 Å². The van der Waals surface area contributed by atoms with E-state index in [2.05, 4.69) is 55.6 Å². The van der Waals surface area contributed by atoms with Crippen molar-refractivity contribution in [3.63, 3.8) is 0 Å². The summed E-state index contributed by atoms with van der Waals surface area (Å²) in [6.07, 6.45) is 5.46. The first-order valence-electron chi connectivity index (χ1n) is 13.0. The van der Waals surface area contributed by atoms with E-state index >= 15 is 0 Å². The van der Waals surface area contributed by atoms with Gasteiger partial charge in [0.1, 0.15) is 4.90 Å². The van der Waals surface area contributed by atoms with Gasteiger partial charge in [-0.25, -0.2) is 13.1 Å². The second-order valence-corrected chi connectivity index (χ2v) is 11.4. The Morgan fingerprint density at radius 3 is 2.67 bits per heavy atom. The number of para-hydroxylation sites is 1. The van der Waals surface area contributed by atoms with Crippen LogP contribution in [0, 0.1) is 5.92 Å². The van der Waals surface area contributed by atoms with Crippen LogP contribution >= 0.6 is 0 Å². The minimum atomic E-state index is -3.74. The van der Waals surface area contributed by atoms with Crippen LogP contribution in [0.15, 0.2) is 81.7 Å². The third kappa shape index (κ3) is 5.80. The molecule has 2 N–H and O–H groups in total. The van der Waals surface area contributed by atoms with E-state index in [1.54, 1.807) is 24.4 Å². The van der Waals surface area contributed by atoms with Gasteiger partial charge in [0.15, 0.2) is 0 Å². The Balaban J connectivity index is 1.52. The molecule has 39 heavy (non-hydrogen) atoms. The molecule has 1 aliphatic heterocycles. The predicted octanol–water partition coefficient (Wildman–Crippen LogP) is 6.35. The zero-order valence-corrected chi connectivity index (χ0v) is 23.0. The number of aromatic nitrogens is 1. The minimum absolute atomic E-state index is 0.188. The fourth-order valence-electron chi connectivity index (χ4n) is 4.94. The van der Waals surface area contributed by atoms with Crippen molar-refractivity contribution in [1.82, 2.24) is 9.29 Å². The van der Waals surface area contributed by atoms with Crippen LogP contribution in [0.3, 0.4) is 0 Å². The van der Waals surface area contributed by atoms with Crippen molar-refractivity contribution < 1.29 is 13.2 Å². The molecular weight excluding hydrogens is 510 g/mol. The Bertz CT molecular complexity index is 1640. The Hall–Kier alpha value is -3.79. The van der Waals surface area contributed by atoms with Crippen LogP contribution in [0.4, 0.5) is 22.7 Å². The number of nitrogens with zero attached hydrogens (tertiary/aromatic N) is 3. The zero-order valence-electron chi connectivity index (χ0n) is 22.2. The molecule has 0 amide bonds. The van der Waals surface area contributed by atoms with Crippen molar-refractivity contribution in [2.24, 2.45) is 23.0 Å². The lowest BCUT2D eigenvalue weighted by molar-refractivity contribution is 0.0678. The molecule has 0 bridgehead atoms. The summed E-state index contributed by atoms with van der Waals surface area (Å²) >= 11 is 0. The normalized spacial score (nSPS) is 14.7. The van der Waals surface area contributed by atoms with Gasteiger partial charge in [-0.15, -0.1) is 0 Å². The number of hydrogen-bond acceptors (Lipinski definition) is 6. The van der Waals surface area contributed by atoms with E-state index in [1.165, 1.54) is 0 Å². The molecule has 1 saturated heterocycles. The molecule has 1 fully saturated rings. The molecule has 9 heteroatoms. The standard InChI is InChI=1S/C30H33N5O3S/c1-4-32-30-25(23-10-9-22-11-14-35(3)28(22)17-23)18-24(19-27(30)31-2)34-26-7-5-6-8-29(26)39(36,37)33-20-21-12-15-38-16-13-21/h4-11,14,17-19,21,33-34H,2,12-13,15-16,20H2,1,3H3/b32-4-. The summed E-state index contributed by atoms with van der Waals surface area (Å²) in [6.45, 7) is 7.35. The number of aryl methyl sites for hydroxylation is 1. The molecule has 5 rings (SSSR count). The van der Waals surface area contributed by atoms with E-state index in [9.17, 15) is 8.42 Å². The Morgan fingerprint density at radius 1 is 1.10 bits per heavy atom. The van der Waals surface area contributed by atoms with Crippen LogP contribution in [0.25, 0.3) is 22.0 Å². The van der Waals surface area contributed by atoms with Gasteiger partial charge in [-0.2, -0.15) is 0 Å². The first kappa shape index (κ1) is 26.8. The molecule has 2 heterocycles. The van der Waals surface area contributed by atoms with Gasteiger partial charge in [0, 0.05) is 56.0 Å². The fraction of sp³-hybridized carbons (Fsp3) is 0.267. The van der Waals surface area contributed by atoms with Gasteiger partial charge in [0.25, 0.3) is 0 Å². The van der Waals surface area contributed by atoms with Crippen molar-refractivity contribution in [2.75, 3.05) is 25.1 Å². The highest BCUT2D eigenvalue weighted by Crippen LogP contribution is 2.42. The molecule has 1 aliphatic rings. The molecular formula is C30H33N5O3S. The molecule has 0 radical (unpaired) electrons. The molecule has 4 aromatic rings. The van der Waals surface area contributed by atoms with Crippen LogP contribution in [-0.2, 0) is 21.8 Å². The Labute approximate surface area is 229 Å². The van der Waals surface area contributed by atoms with Crippen LogP contribution in [0.5, 0.6) is 0 Å². The second kappa shape index (κ2) is 11.5. The van der Waals surface area contributed by atoms with Gasteiger partial charge in [-0.1, -0.05) is 24.3 Å². The molecule has 202 valence electrons. The van der Waals surface area contributed by atoms with E-state index in [4.69, 9.17) is 4.74 Å². The molecule has 0 spiro atoms. The lowest BCUT2D eigenvalue weighted by atomic mass is 10.00. The number of ether oxygens (including phenoxy) is 1. The maximum absolute atomic E-state index is 13.3. The van der Waals surface area contributed by atoms with Crippen molar-refractivity contribution in [1.29, 1.82) is 0 Å². The lowest BCUT2D eigenvalue weighted by Crippen LogP contribution is -2.32. The Morgan fingerprint density at radius 2 is 1.90 bits per heavy atom. The quantitative estimate of drug-likeness (QED) is 0.241. The first-order chi connectivity index (χ1) is 18.9. The summed E-state index contributed by atoms with van der Waals surface area (Å²) in [5.74, 6) is 0.269. The smallest absolute Gasteiger partial charge is 0.242 e.